The molecule has 0 aliphatic heterocycles. The fourth-order valence-electron chi connectivity index (χ4n) is 1.16. The van der Waals surface area contributed by atoms with Crippen molar-refractivity contribution in [3.63, 3.8) is 0 Å². The predicted octanol–water partition coefficient (Wildman–Crippen LogP) is 2.04. The largest absolute Gasteiger partial charge is 0.483 e. The molecular formula is C11H13NO4. The standard InChI is InChI=1S/C11H13NO4/c1-2-3-6-16-11-7-9(8-13)4-5-10(11)12(14)15/h2-5,7,13H,6,8H2,1H3. The van der Waals surface area contributed by atoms with E-state index in [1.165, 1.54) is 18.2 Å². The van der Waals surface area contributed by atoms with Gasteiger partial charge in [-0.1, -0.05) is 12.2 Å². The Morgan fingerprint density at radius 1 is 1.56 bits per heavy atom. The van der Waals surface area contributed by atoms with E-state index in [2.05, 4.69) is 0 Å². The summed E-state index contributed by atoms with van der Waals surface area (Å²) in [6.07, 6.45) is 3.54. The van der Waals surface area contributed by atoms with E-state index < -0.39 is 4.92 Å². The minimum Gasteiger partial charge on any atom is -0.483 e. The maximum absolute atomic E-state index is 10.7. The fraction of sp³-hybridized carbons (Fsp3) is 0.273. The quantitative estimate of drug-likeness (QED) is 0.471. The van der Waals surface area contributed by atoms with E-state index in [-0.39, 0.29) is 24.7 Å². The monoisotopic (exact) mass is 223 g/mol. The zero-order valence-electron chi connectivity index (χ0n) is 8.92. The Labute approximate surface area is 93.1 Å². The highest BCUT2D eigenvalue weighted by atomic mass is 16.6. The van der Waals surface area contributed by atoms with Crippen LogP contribution in [-0.4, -0.2) is 16.6 Å². The Kier molecular flexibility index (Phi) is 4.47. The Bertz CT molecular complexity index is 401. The number of rotatable bonds is 5. The van der Waals surface area contributed by atoms with Crippen LogP contribution in [0.4, 0.5) is 5.69 Å². The first kappa shape index (κ1) is 12.2. The lowest BCUT2D eigenvalue weighted by Crippen LogP contribution is -1.99. The highest BCUT2D eigenvalue weighted by Crippen LogP contribution is 2.27. The summed E-state index contributed by atoms with van der Waals surface area (Å²) in [5.41, 5.74) is 0.489. The van der Waals surface area contributed by atoms with E-state index in [0.717, 1.165) is 0 Å². The number of benzene rings is 1. The molecule has 16 heavy (non-hydrogen) atoms. The highest BCUT2D eigenvalue weighted by molar-refractivity contribution is 5.48. The van der Waals surface area contributed by atoms with Crippen LogP contribution in [0.5, 0.6) is 5.75 Å². The maximum atomic E-state index is 10.7. The summed E-state index contributed by atoms with van der Waals surface area (Å²) in [7, 11) is 0. The summed E-state index contributed by atoms with van der Waals surface area (Å²) in [4.78, 5) is 10.2. The molecule has 0 aromatic heterocycles. The zero-order chi connectivity index (χ0) is 12.0. The van der Waals surface area contributed by atoms with Crippen LogP contribution in [-0.2, 0) is 6.61 Å². The molecule has 0 saturated carbocycles. The molecule has 5 heteroatoms. The molecule has 1 rings (SSSR count). The topological polar surface area (TPSA) is 72.6 Å². The lowest BCUT2D eigenvalue weighted by Gasteiger charge is -2.05. The second-order valence-corrected chi connectivity index (χ2v) is 3.10. The van der Waals surface area contributed by atoms with Crippen LogP contribution < -0.4 is 4.74 Å². The lowest BCUT2D eigenvalue weighted by molar-refractivity contribution is -0.385. The van der Waals surface area contributed by atoms with Crippen molar-refractivity contribution in [1.29, 1.82) is 0 Å². The van der Waals surface area contributed by atoms with Gasteiger partial charge in [-0.05, 0) is 24.6 Å². The molecule has 0 bridgehead atoms. The average molecular weight is 223 g/mol. The zero-order valence-corrected chi connectivity index (χ0v) is 8.92. The Morgan fingerprint density at radius 2 is 2.31 bits per heavy atom. The minimum atomic E-state index is -0.508. The number of nitro benzene ring substituents is 1. The van der Waals surface area contributed by atoms with Crippen molar-refractivity contribution in [3.8, 4) is 5.75 Å². The number of hydrogen-bond donors (Lipinski definition) is 1. The van der Waals surface area contributed by atoms with E-state index in [4.69, 9.17) is 9.84 Å². The van der Waals surface area contributed by atoms with Gasteiger partial charge in [-0.25, -0.2) is 0 Å². The number of aliphatic hydroxyl groups is 1. The van der Waals surface area contributed by atoms with Crippen molar-refractivity contribution in [2.75, 3.05) is 6.61 Å². The summed E-state index contributed by atoms with van der Waals surface area (Å²) in [6, 6.07) is 4.30. The van der Waals surface area contributed by atoms with Crippen LogP contribution in [0, 0.1) is 10.1 Å². The van der Waals surface area contributed by atoms with Crippen molar-refractivity contribution < 1.29 is 14.8 Å². The third kappa shape index (κ3) is 3.06. The molecule has 0 heterocycles. The van der Waals surface area contributed by atoms with E-state index in [1.807, 2.05) is 6.92 Å². The maximum Gasteiger partial charge on any atom is 0.310 e. The molecule has 1 N–H and O–H groups in total. The predicted molar refractivity (Wildman–Crippen MR) is 59.3 cm³/mol. The Morgan fingerprint density at radius 3 is 2.88 bits per heavy atom. The summed E-state index contributed by atoms with van der Waals surface area (Å²) in [5.74, 6) is 0.176. The van der Waals surface area contributed by atoms with E-state index in [9.17, 15) is 10.1 Å². The third-order valence-corrected chi connectivity index (χ3v) is 1.97. The Balaban J connectivity index is 2.95. The SMILES string of the molecule is CC=CCOc1cc(CO)ccc1[N+](=O)[O-]. The number of allylic oxidation sites excluding steroid dienone is 1. The van der Waals surface area contributed by atoms with Crippen molar-refractivity contribution in [3.05, 3.63) is 46.0 Å². The van der Waals surface area contributed by atoms with Crippen LogP contribution in [0.3, 0.4) is 0 Å². The molecule has 0 aliphatic rings. The van der Waals surface area contributed by atoms with Crippen molar-refractivity contribution in [1.82, 2.24) is 0 Å². The first-order valence-electron chi connectivity index (χ1n) is 4.81. The fourth-order valence-corrected chi connectivity index (χ4v) is 1.16. The lowest BCUT2D eigenvalue weighted by atomic mass is 10.2. The van der Waals surface area contributed by atoms with Crippen molar-refractivity contribution in [2.24, 2.45) is 0 Å². The van der Waals surface area contributed by atoms with Gasteiger partial charge in [0.25, 0.3) is 0 Å². The van der Waals surface area contributed by atoms with Gasteiger partial charge >= 0.3 is 5.69 Å². The first-order valence-corrected chi connectivity index (χ1v) is 4.81. The molecule has 0 atom stereocenters. The van der Waals surface area contributed by atoms with Crippen LogP contribution in [0.25, 0.3) is 0 Å². The van der Waals surface area contributed by atoms with Crippen LogP contribution in [0.1, 0.15) is 12.5 Å². The molecule has 0 unspecified atom stereocenters. The van der Waals surface area contributed by atoms with Crippen LogP contribution >= 0.6 is 0 Å². The minimum absolute atomic E-state index is 0.0956. The smallest absolute Gasteiger partial charge is 0.310 e. The van der Waals surface area contributed by atoms with Crippen LogP contribution in [0.15, 0.2) is 30.4 Å². The van der Waals surface area contributed by atoms with Crippen molar-refractivity contribution in [2.45, 2.75) is 13.5 Å². The molecule has 86 valence electrons. The van der Waals surface area contributed by atoms with Gasteiger partial charge in [0, 0.05) is 6.07 Å². The van der Waals surface area contributed by atoms with Crippen LogP contribution in [0.2, 0.25) is 0 Å². The molecule has 0 spiro atoms. The molecule has 0 aliphatic carbocycles. The molecule has 0 fully saturated rings. The van der Waals surface area contributed by atoms with Gasteiger partial charge in [-0.2, -0.15) is 0 Å². The molecule has 0 radical (unpaired) electrons. The van der Waals surface area contributed by atoms with E-state index in [0.29, 0.717) is 5.56 Å². The van der Waals surface area contributed by atoms with Gasteiger partial charge in [-0.3, -0.25) is 10.1 Å². The molecule has 0 amide bonds. The second-order valence-electron chi connectivity index (χ2n) is 3.10. The van der Waals surface area contributed by atoms with E-state index >= 15 is 0 Å². The second kappa shape index (κ2) is 5.87. The molecule has 5 nitrogen and oxygen atoms in total. The number of hydrogen-bond acceptors (Lipinski definition) is 4. The summed E-state index contributed by atoms with van der Waals surface area (Å²) in [6.45, 7) is 1.94. The summed E-state index contributed by atoms with van der Waals surface area (Å²) >= 11 is 0. The highest BCUT2D eigenvalue weighted by Gasteiger charge is 2.14. The van der Waals surface area contributed by atoms with Gasteiger partial charge < -0.3 is 9.84 Å². The van der Waals surface area contributed by atoms with Gasteiger partial charge in [0.2, 0.25) is 0 Å². The number of nitro groups is 1. The normalized spacial score (nSPS) is 10.6. The van der Waals surface area contributed by atoms with Gasteiger partial charge in [0.1, 0.15) is 6.61 Å². The average Bonchev–Trinajstić information content (AvgIpc) is 2.29. The number of aliphatic hydroxyl groups excluding tert-OH is 1. The van der Waals surface area contributed by atoms with Gasteiger partial charge in [0.15, 0.2) is 5.75 Å². The van der Waals surface area contributed by atoms with Gasteiger partial charge in [0.05, 0.1) is 11.5 Å². The third-order valence-electron chi connectivity index (χ3n) is 1.97. The number of nitrogens with zero attached hydrogens (tertiary/aromatic N) is 1. The van der Waals surface area contributed by atoms with Gasteiger partial charge in [-0.15, -0.1) is 0 Å². The molecular weight excluding hydrogens is 210 g/mol. The summed E-state index contributed by atoms with van der Waals surface area (Å²) < 4.78 is 5.24. The number of ether oxygens (including phenoxy) is 1. The van der Waals surface area contributed by atoms with E-state index in [1.54, 1.807) is 12.2 Å². The first-order chi connectivity index (χ1) is 7.69. The molecule has 1 aromatic rings. The summed E-state index contributed by atoms with van der Waals surface area (Å²) in [5, 5.41) is 19.6. The molecule has 1 aromatic carbocycles. The van der Waals surface area contributed by atoms with Crippen molar-refractivity contribution >= 4 is 5.69 Å². The Hall–Kier alpha value is -1.88. The molecule has 0 saturated heterocycles.